The lowest BCUT2D eigenvalue weighted by atomic mass is 10.0. The van der Waals surface area contributed by atoms with E-state index >= 15 is 0 Å². The molecule has 0 spiro atoms. The minimum atomic E-state index is 0.563. The maximum absolute atomic E-state index is 6.56. The third-order valence-electron chi connectivity index (χ3n) is 11.2. The summed E-state index contributed by atoms with van der Waals surface area (Å²) in [6.07, 6.45) is 0. The van der Waals surface area contributed by atoms with E-state index < -0.39 is 0 Å². The van der Waals surface area contributed by atoms with Gasteiger partial charge in [0.25, 0.3) is 0 Å². The number of fused-ring (bicyclic) bond motifs is 7. The van der Waals surface area contributed by atoms with E-state index in [1.165, 1.54) is 0 Å². The minimum Gasteiger partial charge on any atom is -0.456 e. The van der Waals surface area contributed by atoms with Crippen molar-refractivity contribution in [3.8, 4) is 56.9 Å². The van der Waals surface area contributed by atoms with Gasteiger partial charge in [0.05, 0.1) is 22.1 Å². The molecule has 4 heterocycles. The molecule has 7 heteroatoms. The molecule has 7 nitrogen and oxygen atoms in total. The number of nitrogens with zero attached hydrogens (tertiary/aromatic N) is 6. The Balaban J connectivity index is 1.10. The molecule has 12 aromatic rings. The Morgan fingerprint density at radius 1 is 0.356 bits per heavy atom. The van der Waals surface area contributed by atoms with Crippen LogP contribution in [0.15, 0.2) is 199 Å². The van der Waals surface area contributed by atoms with E-state index in [-0.39, 0.29) is 0 Å². The highest BCUT2D eigenvalue weighted by Gasteiger charge is 2.22. The lowest BCUT2D eigenvalue weighted by Crippen LogP contribution is -2.01. The van der Waals surface area contributed by atoms with Gasteiger partial charge in [0.1, 0.15) is 17.0 Å². The molecular weight excluding hydrogens is 725 g/mol. The van der Waals surface area contributed by atoms with Gasteiger partial charge >= 0.3 is 0 Å². The molecule has 0 saturated heterocycles. The van der Waals surface area contributed by atoms with Crippen molar-refractivity contribution in [3.63, 3.8) is 0 Å². The number of hydrogen-bond donors (Lipinski definition) is 0. The zero-order valence-corrected chi connectivity index (χ0v) is 31.6. The van der Waals surface area contributed by atoms with E-state index in [0.717, 1.165) is 94.2 Å². The molecule has 0 bridgehead atoms. The second-order valence-corrected chi connectivity index (χ2v) is 14.6. The Morgan fingerprint density at radius 2 is 0.949 bits per heavy atom. The van der Waals surface area contributed by atoms with Gasteiger partial charge in [0, 0.05) is 55.2 Å². The summed E-state index contributed by atoms with van der Waals surface area (Å²) in [5, 5.41) is 4.10. The van der Waals surface area contributed by atoms with Crippen molar-refractivity contribution in [1.82, 2.24) is 29.1 Å². The number of furan rings is 1. The summed E-state index contributed by atoms with van der Waals surface area (Å²) < 4.78 is 11.1. The van der Waals surface area contributed by atoms with Crippen molar-refractivity contribution >= 4 is 54.8 Å². The molecule has 0 fully saturated rings. The van der Waals surface area contributed by atoms with Gasteiger partial charge in [-0.1, -0.05) is 121 Å². The zero-order valence-electron chi connectivity index (χ0n) is 31.6. The number of hydrogen-bond acceptors (Lipinski definition) is 5. The third-order valence-corrected chi connectivity index (χ3v) is 11.2. The van der Waals surface area contributed by atoms with Gasteiger partial charge in [0.2, 0.25) is 0 Å². The van der Waals surface area contributed by atoms with Crippen molar-refractivity contribution in [3.05, 3.63) is 194 Å². The first-order chi connectivity index (χ1) is 29.3. The van der Waals surface area contributed by atoms with Crippen LogP contribution in [0, 0.1) is 0 Å². The SMILES string of the molecule is c1ccc(-c2nc(-c3cccc4oc5ccc(-c6nc7ccccc7n6-c6ccccc6)cc5c34)nc(-c3cccc4c3c3ccccc3n4-c3ccccc3)n2)cc1. The van der Waals surface area contributed by atoms with Crippen LogP contribution in [0.25, 0.3) is 112 Å². The molecule has 8 aromatic carbocycles. The number of para-hydroxylation sites is 5. The van der Waals surface area contributed by atoms with E-state index in [0.29, 0.717) is 17.5 Å². The third kappa shape index (κ3) is 5.29. The molecule has 0 aliphatic rings. The van der Waals surface area contributed by atoms with E-state index in [2.05, 4.69) is 137 Å². The molecule has 4 aromatic heterocycles. The maximum Gasteiger partial charge on any atom is 0.164 e. The molecule has 0 unspecified atom stereocenters. The first-order valence-electron chi connectivity index (χ1n) is 19.7. The summed E-state index contributed by atoms with van der Waals surface area (Å²) in [5.74, 6) is 2.60. The van der Waals surface area contributed by atoms with E-state index in [4.69, 9.17) is 24.4 Å². The Labute approximate surface area is 338 Å². The highest BCUT2D eigenvalue weighted by Crippen LogP contribution is 2.41. The molecule has 0 radical (unpaired) electrons. The number of aromatic nitrogens is 6. The van der Waals surface area contributed by atoms with Crippen LogP contribution in [0.4, 0.5) is 0 Å². The molecular formula is C52H32N6O. The topological polar surface area (TPSA) is 74.6 Å². The van der Waals surface area contributed by atoms with Crippen molar-refractivity contribution in [2.45, 2.75) is 0 Å². The molecule has 59 heavy (non-hydrogen) atoms. The monoisotopic (exact) mass is 756 g/mol. The Morgan fingerprint density at radius 3 is 1.71 bits per heavy atom. The lowest BCUT2D eigenvalue weighted by molar-refractivity contribution is 0.669. The van der Waals surface area contributed by atoms with Crippen LogP contribution < -0.4 is 0 Å². The van der Waals surface area contributed by atoms with Gasteiger partial charge in [-0.15, -0.1) is 0 Å². The highest BCUT2D eigenvalue weighted by atomic mass is 16.3. The van der Waals surface area contributed by atoms with Crippen molar-refractivity contribution in [2.75, 3.05) is 0 Å². The smallest absolute Gasteiger partial charge is 0.164 e. The van der Waals surface area contributed by atoms with Crippen LogP contribution in [-0.4, -0.2) is 29.1 Å². The van der Waals surface area contributed by atoms with Crippen LogP contribution in [0.1, 0.15) is 0 Å². The van der Waals surface area contributed by atoms with Crippen LogP contribution in [0.5, 0.6) is 0 Å². The van der Waals surface area contributed by atoms with Gasteiger partial charge < -0.3 is 8.98 Å². The van der Waals surface area contributed by atoms with Crippen molar-refractivity contribution in [1.29, 1.82) is 0 Å². The first-order valence-corrected chi connectivity index (χ1v) is 19.7. The summed E-state index contributed by atoms with van der Waals surface area (Å²) in [7, 11) is 0. The number of imidazole rings is 1. The Hall–Kier alpha value is -8.16. The quantitative estimate of drug-likeness (QED) is 0.169. The van der Waals surface area contributed by atoms with Crippen LogP contribution in [0.3, 0.4) is 0 Å². The van der Waals surface area contributed by atoms with Gasteiger partial charge in [0.15, 0.2) is 17.5 Å². The standard InChI is InChI=1S/C52H32N6O/c1-4-16-33(17-5-1)49-54-50(38-23-14-28-44-47(38)37-22-10-12-26-42(37)57(44)35-18-6-2-7-19-35)56-51(55-49)39-24-15-29-46-48(39)40-32-34(30-31-45(40)59-46)52-53-41-25-11-13-27-43(41)58(52)36-20-8-3-9-21-36/h1-32H. The van der Waals surface area contributed by atoms with Crippen molar-refractivity contribution < 1.29 is 4.42 Å². The first kappa shape index (κ1) is 33.0. The summed E-state index contributed by atoms with van der Waals surface area (Å²) in [4.78, 5) is 20.9. The highest BCUT2D eigenvalue weighted by molar-refractivity contribution is 6.16. The fourth-order valence-corrected chi connectivity index (χ4v) is 8.60. The lowest BCUT2D eigenvalue weighted by Gasteiger charge is -2.11. The normalized spacial score (nSPS) is 11.7. The molecule has 0 atom stereocenters. The molecule has 0 N–H and O–H groups in total. The number of rotatable bonds is 6. The van der Waals surface area contributed by atoms with Crippen LogP contribution in [-0.2, 0) is 0 Å². The molecule has 276 valence electrons. The predicted octanol–water partition coefficient (Wildman–Crippen LogP) is 12.9. The summed E-state index contributed by atoms with van der Waals surface area (Å²) in [6, 6.07) is 66.6. The summed E-state index contributed by atoms with van der Waals surface area (Å²) in [6.45, 7) is 0. The average molecular weight is 757 g/mol. The van der Waals surface area contributed by atoms with Gasteiger partial charge in [-0.2, -0.15) is 0 Å². The Bertz CT molecular complexity index is 3550. The van der Waals surface area contributed by atoms with Gasteiger partial charge in [-0.3, -0.25) is 4.57 Å². The fraction of sp³-hybridized carbons (Fsp3) is 0. The van der Waals surface area contributed by atoms with Gasteiger partial charge in [-0.25, -0.2) is 19.9 Å². The predicted molar refractivity (Wildman–Crippen MR) is 238 cm³/mol. The molecule has 0 aliphatic heterocycles. The van der Waals surface area contributed by atoms with E-state index in [9.17, 15) is 0 Å². The fourth-order valence-electron chi connectivity index (χ4n) is 8.60. The van der Waals surface area contributed by atoms with E-state index in [1.54, 1.807) is 0 Å². The minimum absolute atomic E-state index is 0.563. The van der Waals surface area contributed by atoms with Gasteiger partial charge in [-0.05, 0) is 72.8 Å². The second-order valence-electron chi connectivity index (χ2n) is 14.6. The van der Waals surface area contributed by atoms with Crippen molar-refractivity contribution in [2.24, 2.45) is 0 Å². The van der Waals surface area contributed by atoms with Crippen LogP contribution in [0.2, 0.25) is 0 Å². The summed E-state index contributed by atoms with van der Waals surface area (Å²) in [5.41, 5.74) is 11.5. The number of benzene rings is 8. The molecule has 0 saturated carbocycles. The van der Waals surface area contributed by atoms with E-state index in [1.807, 2.05) is 66.7 Å². The second kappa shape index (κ2) is 13.2. The summed E-state index contributed by atoms with van der Waals surface area (Å²) >= 11 is 0. The zero-order chi connectivity index (χ0) is 38.9. The molecule has 0 amide bonds. The Kier molecular flexibility index (Phi) is 7.40. The molecule has 12 rings (SSSR count). The average Bonchev–Trinajstić information content (AvgIpc) is 3.99. The van der Waals surface area contributed by atoms with Crippen LogP contribution >= 0.6 is 0 Å². The maximum atomic E-state index is 6.56. The molecule has 0 aliphatic carbocycles. The largest absolute Gasteiger partial charge is 0.456 e.